The summed E-state index contributed by atoms with van der Waals surface area (Å²) in [6.45, 7) is 3.34. The summed E-state index contributed by atoms with van der Waals surface area (Å²) < 4.78 is 5.29. The average molecular weight is 113 g/mol. The summed E-state index contributed by atoms with van der Waals surface area (Å²) in [5.41, 5.74) is 0. The maximum Gasteiger partial charge on any atom is 0.0649 e. The van der Waals surface area contributed by atoms with Crippen LogP contribution in [0.4, 0.5) is 0 Å². The molecule has 0 radical (unpaired) electrons. The zero-order valence-corrected chi connectivity index (χ0v) is 4.89. The monoisotopic (exact) mass is 113 g/mol. The van der Waals surface area contributed by atoms with Crippen LogP contribution in [0, 0.1) is 5.92 Å². The molecule has 0 saturated carbocycles. The Hall–Kier alpha value is -0.0800. The topological polar surface area (TPSA) is 21.3 Å². The third-order valence-electron chi connectivity index (χ3n) is 2.06. The maximum atomic E-state index is 5.29. The predicted molar refractivity (Wildman–Crippen MR) is 30.7 cm³/mol. The summed E-state index contributed by atoms with van der Waals surface area (Å²) in [5, 5.41) is 3.34. The number of hydrogen-bond donors (Lipinski definition) is 1. The Bertz CT molecular complexity index is 82.5. The number of fused-ring (bicyclic) bond motifs is 1. The second-order valence-electron chi connectivity index (χ2n) is 2.62. The second-order valence-corrected chi connectivity index (χ2v) is 2.62. The average Bonchev–Trinajstić information content (AvgIpc) is 1.72. The van der Waals surface area contributed by atoms with Crippen LogP contribution in [0.15, 0.2) is 0 Å². The number of nitrogens with one attached hydrogen (secondary N) is 1. The Balaban J connectivity index is 1.92. The van der Waals surface area contributed by atoms with Crippen LogP contribution in [0.5, 0.6) is 0 Å². The quantitative estimate of drug-likeness (QED) is 0.477. The first kappa shape index (κ1) is 4.77. The van der Waals surface area contributed by atoms with Gasteiger partial charge in [0.2, 0.25) is 0 Å². The molecule has 2 atom stereocenters. The lowest BCUT2D eigenvalue weighted by molar-refractivity contribution is -0.126. The molecule has 2 rings (SSSR count). The van der Waals surface area contributed by atoms with Gasteiger partial charge in [-0.15, -0.1) is 0 Å². The number of piperidine rings is 1. The molecule has 2 aliphatic heterocycles. The minimum absolute atomic E-state index is 0.622. The number of rotatable bonds is 0. The van der Waals surface area contributed by atoms with Crippen LogP contribution in [-0.2, 0) is 4.74 Å². The lowest BCUT2D eigenvalue weighted by atomic mass is 9.92. The van der Waals surface area contributed by atoms with Crippen molar-refractivity contribution in [2.24, 2.45) is 5.92 Å². The molecule has 1 N–H and O–H groups in total. The van der Waals surface area contributed by atoms with E-state index in [2.05, 4.69) is 5.32 Å². The van der Waals surface area contributed by atoms with Crippen LogP contribution >= 0.6 is 0 Å². The van der Waals surface area contributed by atoms with Gasteiger partial charge >= 0.3 is 0 Å². The SMILES string of the molecule is C1C[C@@H]2OC[C@H]2CN1. The van der Waals surface area contributed by atoms with Crippen LogP contribution in [0.25, 0.3) is 0 Å². The zero-order valence-electron chi connectivity index (χ0n) is 4.89. The van der Waals surface area contributed by atoms with Crippen LogP contribution < -0.4 is 5.32 Å². The largest absolute Gasteiger partial charge is 0.377 e. The van der Waals surface area contributed by atoms with Crippen LogP contribution in [0.3, 0.4) is 0 Å². The van der Waals surface area contributed by atoms with E-state index in [1.165, 1.54) is 13.0 Å². The van der Waals surface area contributed by atoms with Crippen LogP contribution in [0.2, 0.25) is 0 Å². The molecule has 2 nitrogen and oxygen atoms in total. The molecule has 0 aromatic rings. The maximum absolute atomic E-state index is 5.29. The summed E-state index contributed by atoms with van der Waals surface area (Å²) in [6, 6.07) is 0. The molecule has 2 heteroatoms. The van der Waals surface area contributed by atoms with E-state index in [-0.39, 0.29) is 0 Å². The summed E-state index contributed by atoms with van der Waals surface area (Å²) in [4.78, 5) is 0. The lowest BCUT2D eigenvalue weighted by Gasteiger charge is -2.40. The van der Waals surface area contributed by atoms with Gasteiger partial charge in [-0.25, -0.2) is 0 Å². The van der Waals surface area contributed by atoms with Crippen molar-refractivity contribution in [1.82, 2.24) is 5.32 Å². The van der Waals surface area contributed by atoms with Gasteiger partial charge in [-0.2, -0.15) is 0 Å². The van der Waals surface area contributed by atoms with Crippen molar-refractivity contribution in [3.05, 3.63) is 0 Å². The molecular formula is C6H11NO. The van der Waals surface area contributed by atoms with Crippen molar-refractivity contribution < 1.29 is 4.74 Å². The Morgan fingerprint density at radius 1 is 1.50 bits per heavy atom. The van der Waals surface area contributed by atoms with Crippen molar-refractivity contribution in [3.63, 3.8) is 0 Å². The van der Waals surface area contributed by atoms with Gasteiger partial charge in [0.1, 0.15) is 0 Å². The van der Waals surface area contributed by atoms with E-state index < -0.39 is 0 Å². The molecule has 0 aromatic carbocycles. The molecule has 0 aliphatic carbocycles. The Morgan fingerprint density at radius 2 is 2.50 bits per heavy atom. The smallest absolute Gasteiger partial charge is 0.0649 e. The first-order valence-corrected chi connectivity index (χ1v) is 3.29. The molecule has 0 spiro atoms. The summed E-state index contributed by atoms with van der Waals surface area (Å²) in [5.74, 6) is 0.851. The van der Waals surface area contributed by atoms with Crippen molar-refractivity contribution in [3.8, 4) is 0 Å². The van der Waals surface area contributed by atoms with Gasteiger partial charge in [0, 0.05) is 12.5 Å². The summed E-state index contributed by atoms with van der Waals surface area (Å²) in [6.07, 6.45) is 1.85. The standard InChI is InChI=1S/C6H11NO/c1-2-7-3-5-4-8-6(1)5/h5-7H,1-4H2/t5-,6+/m1/s1. The van der Waals surface area contributed by atoms with E-state index in [1.807, 2.05) is 0 Å². The van der Waals surface area contributed by atoms with Gasteiger partial charge in [-0.3, -0.25) is 0 Å². The van der Waals surface area contributed by atoms with Gasteiger partial charge in [-0.1, -0.05) is 0 Å². The fourth-order valence-corrected chi connectivity index (χ4v) is 1.41. The molecule has 8 heavy (non-hydrogen) atoms. The van der Waals surface area contributed by atoms with E-state index in [4.69, 9.17) is 4.74 Å². The predicted octanol–water partition coefficient (Wildman–Crippen LogP) is -0.00530. The highest BCUT2D eigenvalue weighted by Gasteiger charge is 2.33. The minimum atomic E-state index is 0.622. The van der Waals surface area contributed by atoms with E-state index in [0.29, 0.717) is 6.10 Å². The van der Waals surface area contributed by atoms with Crippen molar-refractivity contribution in [1.29, 1.82) is 0 Å². The van der Waals surface area contributed by atoms with E-state index in [0.717, 1.165) is 19.1 Å². The molecule has 0 amide bonds. The molecule has 2 aliphatic rings. The van der Waals surface area contributed by atoms with Crippen LogP contribution in [-0.4, -0.2) is 25.8 Å². The Labute approximate surface area is 49.2 Å². The van der Waals surface area contributed by atoms with Gasteiger partial charge < -0.3 is 10.1 Å². The Kier molecular flexibility index (Phi) is 1.02. The lowest BCUT2D eigenvalue weighted by Crippen LogP contribution is -2.51. The van der Waals surface area contributed by atoms with E-state index in [1.54, 1.807) is 0 Å². The highest BCUT2D eigenvalue weighted by Crippen LogP contribution is 2.24. The third kappa shape index (κ3) is 0.565. The van der Waals surface area contributed by atoms with E-state index in [9.17, 15) is 0 Å². The van der Waals surface area contributed by atoms with Gasteiger partial charge in [0.25, 0.3) is 0 Å². The summed E-state index contributed by atoms with van der Waals surface area (Å²) >= 11 is 0. The van der Waals surface area contributed by atoms with Crippen LogP contribution in [0.1, 0.15) is 6.42 Å². The molecular weight excluding hydrogens is 102 g/mol. The Morgan fingerprint density at radius 3 is 2.88 bits per heavy atom. The van der Waals surface area contributed by atoms with E-state index >= 15 is 0 Å². The van der Waals surface area contributed by atoms with Crippen molar-refractivity contribution in [2.45, 2.75) is 12.5 Å². The normalized spacial score (nSPS) is 45.0. The number of hydrogen-bond acceptors (Lipinski definition) is 2. The summed E-state index contributed by atoms with van der Waals surface area (Å²) in [7, 11) is 0. The molecule has 2 saturated heterocycles. The van der Waals surface area contributed by atoms with Crippen molar-refractivity contribution >= 4 is 0 Å². The second kappa shape index (κ2) is 1.71. The molecule has 0 unspecified atom stereocenters. The first-order valence-electron chi connectivity index (χ1n) is 3.29. The van der Waals surface area contributed by atoms with Gasteiger partial charge in [0.15, 0.2) is 0 Å². The molecule has 46 valence electrons. The highest BCUT2D eigenvalue weighted by atomic mass is 16.5. The zero-order chi connectivity index (χ0) is 5.40. The fourth-order valence-electron chi connectivity index (χ4n) is 1.41. The van der Waals surface area contributed by atoms with Crippen molar-refractivity contribution in [2.75, 3.05) is 19.7 Å². The molecule has 0 aromatic heterocycles. The minimum Gasteiger partial charge on any atom is -0.377 e. The first-order chi connectivity index (χ1) is 3.97. The van der Waals surface area contributed by atoms with Gasteiger partial charge in [-0.05, 0) is 13.0 Å². The highest BCUT2D eigenvalue weighted by molar-refractivity contribution is 4.84. The molecule has 2 fully saturated rings. The fraction of sp³-hybridized carbons (Fsp3) is 1.00. The third-order valence-corrected chi connectivity index (χ3v) is 2.06. The van der Waals surface area contributed by atoms with Gasteiger partial charge in [0.05, 0.1) is 12.7 Å². The molecule has 2 heterocycles. The number of ether oxygens (including phenoxy) is 1. The molecule has 0 bridgehead atoms.